The summed E-state index contributed by atoms with van der Waals surface area (Å²) in [6.45, 7) is 4.18. The summed E-state index contributed by atoms with van der Waals surface area (Å²) in [5.74, 6) is 1.18. The van der Waals surface area contributed by atoms with Gasteiger partial charge in [0.25, 0.3) is 0 Å². The first kappa shape index (κ1) is 19.9. The van der Waals surface area contributed by atoms with Crippen LogP contribution in [0.5, 0.6) is 0 Å². The highest BCUT2D eigenvalue weighted by atomic mass is 35.5. The fraction of sp³-hybridized carbons (Fsp3) is 0.474. The van der Waals surface area contributed by atoms with Crippen molar-refractivity contribution in [2.24, 2.45) is 11.1 Å². The highest BCUT2D eigenvalue weighted by Crippen LogP contribution is 2.31. The molecule has 6 heteroatoms. The predicted molar refractivity (Wildman–Crippen MR) is 104 cm³/mol. The second-order valence-electron chi connectivity index (χ2n) is 5.92. The van der Waals surface area contributed by atoms with Crippen LogP contribution in [-0.4, -0.2) is 29.0 Å². The number of nitrogens with zero attached hydrogens (tertiary/aromatic N) is 1. The van der Waals surface area contributed by atoms with Crippen LogP contribution >= 0.6 is 23.4 Å². The van der Waals surface area contributed by atoms with Gasteiger partial charge in [0.15, 0.2) is 5.78 Å². The Morgan fingerprint density at radius 1 is 1.32 bits per heavy atom. The summed E-state index contributed by atoms with van der Waals surface area (Å²) < 4.78 is 0. The lowest BCUT2D eigenvalue weighted by atomic mass is 9.83. The summed E-state index contributed by atoms with van der Waals surface area (Å²) in [5, 5.41) is 15.1. The predicted octanol–water partition coefficient (Wildman–Crippen LogP) is 5.42. The van der Waals surface area contributed by atoms with Crippen molar-refractivity contribution in [2.75, 3.05) is 12.4 Å². The lowest BCUT2D eigenvalue weighted by Crippen LogP contribution is -2.25. The summed E-state index contributed by atoms with van der Waals surface area (Å²) >= 11 is 7.62. The van der Waals surface area contributed by atoms with Gasteiger partial charge in [-0.2, -0.15) is 0 Å². The normalized spacial score (nSPS) is 18.6. The molecule has 1 aromatic rings. The molecule has 0 amide bonds. The van der Waals surface area contributed by atoms with Gasteiger partial charge in [0.1, 0.15) is 12.4 Å². The molecule has 25 heavy (non-hydrogen) atoms. The van der Waals surface area contributed by atoms with Crippen molar-refractivity contribution in [3.63, 3.8) is 0 Å². The topological polar surface area (TPSA) is 58.9 Å². The Morgan fingerprint density at radius 2 is 2.04 bits per heavy atom. The van der Waals surface area contributed by atoms with Crippen molar-refractivity contribution in [1.82, 2.24) is 0 Å². The number of oxime groups is 1. The SMILES string of the molecule is CCON=C(CC)C1=C(O)CC(CCSc2ccc(Cl)cc2)CC1=O. The minimum absolute atomic E-state index is 0.0365. The first-order valence-corrected chi connectivity index (χ1v) is 9.94. The molecule has 1 aromatic carbocycles. The van der Waals surface area contributed by atoms with Gasteiger partial charge in [0.05, 0.1) is 11.3 Å². The minimum Gasteiger partial charge on any atom is -0.511 e. The van der Waals surface area contributed by atoms with Gasteiger partial charge in [-0.1, -0.05) is 23.7 Å². The second kappa shape index (κ2) is 9.88. The number of carbonyl (C=O) groups excluding carboxylic acids is 1. The van der Waals surface area contributed by atoms with Crippen LogP contribution in [-0.2, 0) is 9.63 Å². The smallest absolute Gasteiger partial charge is 0.168 e. The van der Waals surface area contributed by atoms with E-state index >= 15 is 0 Å². The third kappa shape index (κ3) is 5.79. The Balaban J connectivity index is 1.94. The quantitative estimate of drug-likeness (QED) is 0.371. The van der Waals surface area contributed by atoms with Crippen LogP contribution in [0, 0.1) is 5.92 Å². The van der Waals surface area contributed by atoms with Crippen molar-refractivity contribution in [3.05, 3.63) is 40.6 Å². The average molecular weight is 382 g/mol. The van der Waals surface area contributed by atoms with E-state index in [4.69, 9.17) is 16.4 Å². The average Bonchev–Trinajstić information content (AvgIpc) is 2.59. The molecule has 1 aliphatic carbocycles. The maximum atomic E-state index is 12.5. The summed E-state index contributed by atoms with van der Waals surface area (Å²) in [7, 11) is 0. The van der Waals surface area contributed by atoms with Crippen LogP contribution in [0.1, 0.15) is 39.5 Å². The summed E-state index contributed by atoms with van der Waals surface area (Å²) in [6.07, 6.45) is 2.40. The third-order valence-corrected chi connectivity index (χ3v) is 5.36. The van der Waals surface area contributed by atoms with Crippen molar-refractivity contribution in [1.29, 1.82) is 0 Å². The number of ketones is 1. The molecule has 136 valence electrons. The fourth-order valence-electron chi connectivity index (χ4n) is 2.81. The van der Waals surface area contributed by atoms with Crippen LogP contribution in [0.15, 0.2) is 45.6 Å². The largest absolute Gasteiger partial charge is 0.511 e. The van der Waals surface area contributed by atoms with Gasteiger partial charge in [0, 0.05) is 22.8 Å². The number of thioether (sulfide) groups is 1. The molecule has 0 saturated heterocycles. The number of benzene rings is 1. The Labute approximate surface area is 158 Å². The van der Waals surface area contributed by atoms with Gasteiger partial charge in [-0.05, 0) is 55.7 Å². The number of hydrogen-bond donors (Lipinski definition) is 1. The van der Waals surface area contributed by atoms with E-state index < -0.39 is 0 Å². The number of Topliss-reactive ketones (excluding diaryl/α,β-unsaturated/α-hetero) is 1. The lowest BCUT2D eigenvalue weighted by Gasteiger charge is -2.23. The Bertz CT molecular complexity index is 655. The highest BCUT2D eigenvalue weighted by Gasteiger charge is 2.30. The number of hydrogen-bond acceptors (Lipinski definition) is 5. The van der Waals surface area contributed by atoms with Crippen molar-refractivity contribution in [3.8, 4) is 0 Å². The number of carbonyl (C=O) groups is 1. The van der Waals surface area contributed by atoms with Gasteiger partial charge in [0.2, 0.25) is 0 Å². The maximum absolute atomic E-state index is 12.5. The van der Waals surface area contributed by atoms with Crippen LogP contribution in [0.3, 0.4) is 0 Å². The summed E-state index contributed by atoms with van der Waals surface area (Å²) in [5.41, 5.74) is 0.899. The van der Waals surface area contributed by atoms with E-state index in [0.717, 1.165) is 22.1 Å². The number of rotatable bonds is 8. The molecule has 0 aromatic heterocycles. The van der Waals surface area contributed by atoms with E-state index in [-0.39, 0.29) is 17.5 Å². The summed E-state index contributed by atoms with van der Waals surface area (Å²) in [4.78, 5) is 18.7. The van der Waals surface area contributed by atoms with Crippen molar-refractivity contribution < 1.29 is 14.7 Å². The van der Waals surface area contributed by atoms with E-state index in [1.54, 1.807) is 11.8 Å². The van der Waals surface area contributed by atoms with E-state index in [0.29, 0.717) is 37.2 Å². The first-order valence-electron chi connectivity index (χ1n) is 8.58. The van der Waals surface area contributed by atoms with Crippen LogP contribution < -0.4 is 0 Å². The molecule has 0 spiro atoms. The van der Waals surface area contributed by atoms with E-state index in [2.05, 4.69) is 5.16 Å². The molecule has 0 bridgehead atoms. The van der Waals surface area contributed by atoms with E-state index in [1.165, 1.54) is 0 Å². The number of aliphatic hydroxyl groups excluding tert-OH is 1. The highest BCUT2D eigenvalue weighted by molar-refractivity contribution is 7.99. The van der Waals surface area contributed by atoms with Crippen LogP contribution in [0.4, 0.5) is 0 Å². The van der Waals surface area contributed by atoms with Gasteiger partial charge >= 0.3 is 0 Å². The molecule has 0 saturated carbocycles. The van der Waals surface area contributed by atoms with E-state index in [9.17, 15) is 9.90 Å². The third-order valence-electron chi connectivity index (χ3n) is 4.06. The monoisotopic (exact) mass is 381 g/mol. The standard InChI is InChI=1S/C19H24ClNO3S/c1-3-16(21-24-4-2)19-17(22)11-13(12-18(19)23)9-10-25-15-7-5-14(20)6-8-15/h5-8,13,22H,3-4,9-12H2,1-2H3. The zero-order valence-corrected chi connectivity index (χ0v) is 16.2. The molecule has 0 heterocycles. The Morgan fingerprint density at radius 3 is 2.64 bits per heavy atom. The zero-order valence-electron chi connectivity index (χ0n) is 14.6. The van der Waals surface area contributed by atoms with Crippen molar-refractivity contribution in [2.45, 2.75) is 44.4 Å². The molecular weight excluding hydrogens is 358 g/mol. The zero-order chi connectivity index (χ0) is 18.2. The molecule has 0 radical (unpaired) electrons. The Kier molecular flexibility index (Phi) is 7.85. The number of allylic oxidation sites excluding steroid dienone is 2. The second-order valence-corrected chi connectivity index (χ2v) is 7.52. The van der Waals surface area contributed by atoms with Gasteiger partial charge in [-0.3, -0.25) is 4.79 Å². The van der Waals surface area contributed by atoms with Gasteiger partial charge in [-0.15, -0.1) is 11.8 Å². The van der Waals surface area contributed by atoms with Crippen LogP contribution in [0.25, 0.3) is 0 Å². The molecule has 1 aliphatic rings. The van der Waals surface area contributed by atoms with E-state index in [1.807, 2.05) is 38.1 Å². The lowest BCUT2D eigenvalue weighted by molar-refractivity contribution is -0.116. The van der Waals surface area contributed by atoms with Gasteiger partial charge < -0.3 is 9.94 Å². The molecule has 4 nitrogen and oxygen atoms in total. The molecule has 0 fully saturated rings. The number of halogens is 1. The molecule has 0 aliphatic heterocycles. The Hall–Kier alpha value is -1.46. The van der Waals surface area contributed by atoms with Gasteiger partial charge in [-0.25, -0.2) is 0 Å². The molecular formula is C19H24ClNO3S. The molecule has 2 rings (SSSR count). The summed E-state index contributed by atoms with van der Waals surface area (Å²) in [6, 6.07) is 7.73. The molecule has 1 unspecified atom stereocenters. The fourth-order valence-corrected chi connectivity index (χ4v) is 3.95. The minimum atomic E-state index is -0.0365. The molecule has 1 atom stereocenters. The molecule has 1 N–H and O–H groups in total. The maximum Gasteiger partial charge on any atom is 0.168 e. The van der Waals surface area contributed by atoms with Crippen molar-refractivity contribution >= 4 is 34.9 Å². The first-order chi connectivity index (χ1) is 12.0. The van der Waals surface area contributed by atoms with Crippen LogP contribution in [0.2, 0.25) is 5.02 Å². The number of aliphatic hydroxyl groups is 1.